The van der Waals surface area contributed by atoms with Crippen LogP contribution in [0.25, 0.3) is 0 Å². The van der Waals surface area contributed by atoms with E-state index in [1.165, 1.54) is 50.5 Å². The Bertz CT molecular complexity index is 761. The van der Waals surface area contributed by atoms with Gasteiger partial charge in [-0.25, -0.2) is 0 Å². The first-order chi connectivity index (χ1) is 14.6. The highest BCUT2D eigenvalue weighted by molar-refractivity contribution is 5.92. The van der Waals surface area contributed by atoms with Crippen LogP contribution >= 0.6 is 0 Å². The van der Waals surface area contributed by atoms with E-state index in [9.17, 15) is 9.90 Å². The molecule has 0 bridgehead atoms. The lowest BCUT2D eigenvalue weighted by molar-refractivity contribution is -0.131. The van der Waals surface area contributed by atoms with Crippen LogP contribution in [0.2, 0.25) is 0 Å². The first-order valence-corrected chi connectivity index (χ1v) is 13.6. The summed E-state index contributed by atoms with van der Waals surface area (Å²) in [5, 5.41) is 11.5. The van der Waals surface area contributed by atoms with Crippen LogP contribution in [0.5, 0.6) is 0 Å². The third-order valence-corrected chi connectivity index (χ3v) is 11.4. The summed E-state index contributed by atoms with van der Waals surface area (Å²) < 4.78 is 0. The fourth-order valence-electron chi connectivity index (χ4n) is 9.57. The number of hydrogen-bond donors (Lipinski definition) is 1. The SMILES string of the molecule is CC(C)CCC[C@@H](C)[C@H]1CC[C@H]2[C@@H]3C(O)C=C4C5(CC5)C(=O)CC[C@]4(C)[C@H]3CC[C@]12C. The largest absolute Gasteiger partial charge is 0.389 e. The average molecular weight is 427 g/mol. The van der Waals surface area contributed by atoms with E-state index in [4.69, 9.17) is 0 Å². The van der Waals surface area contributed by atoms with Gasteiger partial charge in [0.05, 0.1) is 11.5 Å². The van der Waals surface area contributed by atoms with Gasteiger partial charge in [0.1, 0.15) is 5.78 Å². The zero-order valence-corrected chi connectivity index (χ0v) is 20.8. The normalized spacial score (nSPS) is 46.4. The Balaban J connectivity index is 1.40. The van der Waals surface area contributed by atoms with Gasteiger partial charge in [0, 0.05) is 6.42 Å². The third kappa shape index (κ3) is 3.17. The number of ketones is 1. The molecule has 1 spiro atoms. The highest BCUT2D eigenvalue weighted by atomic mass is 16.3. The third-order valence-electron chi connectivity index (χ3n) is 11.4. The predicted octanol–water partition coefficient (Wildman–Crippen LogP) is 6.96. The van der Waals surface area contributed by atoms with Crippen molar-refractivity contribution in [3.8, 4) is 0 Å². The van der Waals surface area contributed by atoms with Crippen LogP contribution in [-0.2, 0) is 4.79 Å². The second-order valence-corrected chi connectivity index (χ2v) is 13.3. The maximum absolute atomic E-state index is 12.8. The number of rotatable bonds is 5. The van der Waals surface area contributed by atoms with Gasteiger partial charge in [-0.3, -0.25) is 4.79 Å². The molecule has 4 fully saturated rings. The van der Waals surface area contributed by atoms with Crippen molar-refractivity contribution >= 4 is 5.78 Å². The maximum atomic E-state index is 12.8. The van der Waals surface area contributed by atoms with E-state index >= 15 is 0 Å². The van der Waals surface area contributed by atoms with Crippen LogP contribution in [0.1, 0.15) is 105 Å². The standard InChI is InChI=1S/C29H46O2/c1-18(2)7-6-8-19(3)20-9-10-21-26-22(11-13-27(20,21)4)28(5)14-12-25(31)29(15-16-29)24(28)17-23(26)30/h17-23,26,30H,6-16H2,1-5H3/t19-,20-,21+,22+,23?,26+,27-,28-/m1/s1. The van der Waals surface area contributed by atoms with E-state index in [2.05, 4.69) is 40.7 Å². The van der Waals surface area contributed by atoms with Crippen LogP contribution in [0.3, 0.4) is 0 Å². The number of Topliss-reactive ketones (excluding diaryl/α,β-unsaturated/α-hetero) is 1. The van der Waals surface area contributed by atoms with Crippen molar-refractivity contribution in [1.82, 2.24) is 0 Å². The van der Waals surface area contributed by atoms with Gasteiger partial charge in [-0.2, -0.15) is 0 Å². The summed E-state index contributed by atoms with van der Waals surface area (Å²) >= 11 is 0. The Morgan fingerprint density at radius 3 is 2.42 bits per heavy atom. The molecular formula is C29H46O2. The summed E-state index contributed by atoms with van der Waals surface area (Å²) in [6.45, 7) is 12.3. The van der Waals surface area contributed by atoms with Crippen LogP contribution < -0.4 is 0 Å². The summed E-state index contributed by atoms with van der Waals surface area (Å²) in [4.78, 5) is 12.8. The van der Waals surface area contributed by atoms with Crippen molar-refractivity contribution in [3.63, 3.8) is 0 Å². The number of aliphatic hydroxyl groups is 1. The zero-order valence-electron chi connectivity index (χ0n) is 20.8. The second-order valence-electron chi connectivity index (χ2n) is 13.3. The molecule has 1 unspecified atom stereocenters. The van der Waals surface area contributed by atoms with Gasteiger partial charge in [-0.1, -0.05) is 65.5 Å². The maximum Gasteiger partial charge on any atom is 0.143 e. The van der Waals surface area contributed by atoms with Gasteiger partial charge in [0.15, 0.2) is 0 Å². The number of carbonyl (C=O) groups is 1. The number of fused-ring (bicyclic) bond motifs is 6. The fourth-order valence-corrected chi connectivity index (χ4v) is 9.57. The predicted molar refractivity (Wildman–Crippen MR) is 126 cm³/mol. The molecule has 4 saturated carbocycles. The fraction of sp³-hybridized carbons (Fsp3) is 0.897. The molecule has 8 atom stereocenters. The quantitative estimate of drug-likeness (QED) is 0.483. The minimum atomic E-state index is -0.337. The monoisotopic (exact) mass is 426 g/mol. The molecule has 2 heteroatoms. The van der Waals surface area contributed by atoms with Crippen molar-refractivity contribution in [1.29, 1.82) is 0 Å². The Morgan fingerprint density at radius 2 is 1.74 bits per heavy atom. The highest BCUT2D eigenvalue weighted by Crippen LogP contribution is 2.72. The minimum Gasteiger partial charge on any atom is -0.389 e. The summed E-state index contributed by atoms with van der Waals surface area (Å²) in [6.07, 6.45) is 15.1. The van der Waals surface area contributed by atoms with Gasteiger partial charge in [0.2, 0.25) is 0 Å². The van der Waals surface area contributed by atoms with Crippen LogP contribution in [0, 0.1) is 51.8 Å². The Labute approximate surface area is 190 Å². The van der Waals surface area contributed by atoms with Crippen molar-refractivity contribution < 1.29 is 9.90 Å². The summed E-state index contributed by atoms with van der Waals surface area (Å²) in [7, 11) is 0. The van der Waals surface area contributed by atoms with Gasteiger partial charge in [0.25, 0.3) is 0 Å². The lowest BCUT2D eigenvalue weighted by Gasteiger charge is -2.60. The van der Waals surface area contributed by atoms with E-state index < -0.39 is 0 Å². The van der Waals surface area contributed by atoms with Crippen LogP contribution in [-0.4, -0.2) is 17.0 Å². The van der Waals surface area contributed by atoms with Crippen molar-refractivity contribution in [2.24, 2.45) is 51.8 Å². The first-order valence-electron chi connectivity index (χ1n) is 13.6. The highest BCUT2D eigenvalue weighted by Gasteiger charge is 2.66. The minimum absolute atomic E-state index is 0.149. The Morgan fingerprint density at radius 1 is 1.00 bits per heavy atom. The Kier molecular flexibility index (Phi) is 5.32. The molecule has 5 rings (SSSR count). The van der Waals surface area contributed by atoms with Gasteiger partial charge in [-0.05, 0) is 91.3 Å². The molecule has 0 radical (unpaired) electrons. The molecule has 0 heterocycles. The molecule has 5 aliphatic rings. The molecule has 0 amide bonds. The lowest BCUT2D eigenvalue weighted by Crippen LogP contribution is -2.56. The molecule has 31 heavy (non-hydrogen) atoms. The van der Waals surface area contributed by atoms with E-state index in [-0.39, 0.29) is 16.9 Å². The first kappa shape index (κ1) is 22.2. The molecular weight excluding hydrogens is 380 g/mol. The Hall–Kier alpha value is -0.630. The molecule has 5 aliphatic carbocycles. The number of hydrogen-bond acceptors (Lipinski definition) is 2. The van der Waals surface area contributed by atoms with Gasteiger partial charge >= 0.3 is 0 Å². The topological polar surface area (TPSA) is 37.3 Å². The summed E-state index contributed by atoms with van der Waals surface area (Å²) in [5.41, 5.74) is 1.74. The molecule has 1 N–H and O–H groups in total. The molecule has 0 aliphatic heterocycles. The van der Waals surface area contributed by atoms with E-state index in [1.54, 1.807) is 0 Å². The van der Waals surface area contributed by atoms with E-state index in [1.807, 2.05) is 0 Å². The zero-order chi connectivity index (χ0) is 22.2. The molecule has 174 valence electrons. The van der Waals surface area contributed by atoms with Gasteiger partial charge < -0.3 is 5.11 Å². The van der Waals surface area contributed by atoms with Gasteiger partial charge in [-0.15, -0.1) is 0 Å². The average Bonchev–Trinajstić information content (AvgIpc) is 3.42. The number of allylic oxidation sites excluding steroid dienone is 1. The summed E-state index contributed by atoms with van der Waals surface area (Å²) in [5.74, 6) is 4.53. The molecule has 0 aromatic heterocycles. The summed E-state index contributed by atoms with van der Waals surface area (Å²) in [6, 6.07) is 0. The second kappa shape index (κ2) is 7.44. The molecule has 0 saturated heterocycles. The van der Waals surface area contributed by atoms with Crippen LogP contribution in [0.15, 0.2) is 11.6 Å². The number of carbonyl (C=O) groups excluding carboxylic acids is 1. The van der Waals surface area contributed by atoms with Crippen molar-refractivity contribution in [2.75, 3.05) is 0 Å². The van der Waals surface area contributed by atoms with E-state index in [0.29, 0.717) is 29.0 Å². The molecule has 0 aromatic rings. The molecule has 2 nitrogen and oxygen atoms in total. The molecule has 0 aromatic carbocycles. The van der Waals surface area contributed by atoms with E-state index in [0.717, 1.165) is 43.4 Å². The van der Waals surface area contributed by atoms with Crippen molar-refractivity contribution in [2.45, 2.75) is 111 Å². The number of aliphatic hydroxyl groups excluding tert-OH is 1. The van der Waals surface area contributed by atoms with Crippen LogP contribution in [0.4, 0.5) is 0 Å². The lowest BCUT2D eigenvalue weighted by atomic mass is 9.45. The van der Waals surface area contributed by atoms with Crippen molar-refractivity contribution in [3.05, 3.63) is 11.6 Å². The smallest absolute Gasteiger partial charge is 0.143 e.